The van der Waals surface area contributed by atoms with Gasteiger partial charge in [-0.1, -0.05) is 35.3 Å². The molecule has 0 bridgehead atoms. The van der Waals surface area contributed by atoms with Crippen molar-refractivity contribution in [3.63, 3.8) is 0 Å². The van der Waals surface area contributed by atoms with Gasteiger partial charge in [-0.15, -0.1) is 0 Å². The van der Waals surface area contributed by atoms with Crippen LogP contribution < -0.4 is 0 Å². The third-order valence-electron chi connectivity index (χ3n) is 3.47. The summed E-state index contributed by atoms with van der Waals surface area (Å²) in [5, 5.41) is 9.66. The van der Waals surface area contributed by atoms with E-state index in [1.807, 2.05) is 0 Å². The molecule has 0 amide bonds. The topological polar surface area (TPSA) is 56.6 Å². The minimum atomic E-state index is -0.188. The first-order chi connectivity index (χ1) is 11.1. The normalized spacial score (nSPS) is 10.3. The lowest BCUT2D eigenvalue weighted by Crippen LogP contribution is -2.03. The Bertz CT molecular complexity index is 921. The number of nitrogens with one attached hydrogen (secondary N) is 1. The summed E-state index contributed by atoms with van der Waals surface area (Å²) >= 11 is 12.0. The second kappa shape index (κ2) is 6.29. The number of H-pyrrole nitrogens is 1. The fraction of sp³-hybridized carbons (Fsp3) is 0. The Morgan fingerprint density at radius 3 is 2.39 bits per heavy atom. The van der Waals surface area contributed by atoms with Crippen molar-refractivity contribution in [1.29, 1.82) is 5.26 Å². The summed E-state index contributed by atoms with van der Waals surface area (Å²) in [4.78, 5) is 15.8. The number of hydrogen-bond donors (Lipinski definition) is 1. The zero-order chi connectivity index (χ0) is 16.4. The van der Waals surface area contributed by atoms with Gasteiger partial charge in [-0.05, 0) is 42.0 Å². The van der Waals surface area contributed by atoms with E-state index in [1.54, 1.807) is 54.7 Å². The van der Waals surface area contributed by atoms with E-state index in [0.717, 1.165) is 5.56 Å². The van der Waals surface area contributed by atoms with Gasteiger partial charge in [0, 0.05) is 22.3 Å². The summed E-state index contributed by atoms with van der Waals surface area (Å²) in [6.45, 7) is 0. The lowest BCUT2D eigenvalue weighted by molar-refractivity contribution is 0.103. The van der Waals surface area contributed by atoms with Crippen LogP contribution in [0.15, 0.2) is 54.7 Å². The van der Waals surface area contributed by atoms with Gasteiger partial charge in [-0.2, -0.15) is 5.26 Å². The fourth-order valence-electron chi connectivity index (χ4n) is 2.33. The standard InChI is InChI=1S/C18H10Cl2N2O/c19-13-5-6-14(16(20)9-13)18(23)15-7-8-22-17(15)12-3-1-11(10-21)2-4-12/h1-9,22H. The maximum Gasteiger partial charge on any atom is 0.196 e. The highest BCUT2D eigenvalue weighted by Crippen LogP contribution is 2.28. The first kappa shape index (κ1) is 15.4. The number of nitriles is 1. The van der Waals surface area contributed by atoms with Gasteiger partial charge in [0.05, 0.1) is 22.3 Å². The molecule has 3 nitrogen and oxygen atoms in total. The summed E-state index contributed by atoms with van der Waals surface area (Å²) in [5.74, 6) is -0.188. The highest BCUT2D eigenvalue weighted by atomic mass is 35.5. The summed E-state index contributed by atoms with van der Waals surface area (Å²) in [6.07, 6.45) is 1.70. The molecule has 0 unspecified atom stereocenters. The van der Waals surface area contributed by atoms with Crippen LogP contribution in [0.2, 0.25) is 10.0 Å². The Morgan fingerprint density at radius 2 is 1.74 bits per heavy atom. The van der Waals surface area contributed by atoms with Gasteiger partial charge in [0.15, 0.2) is 5.78 Å². The maximum absolute atomic E-state index is 12.8. The van der Waals surface area contributed by atoms with Crippen molar-refractivity contribution >= 4 is 29.0 Å². The zero-order valence-electron chi connectivity index (χ0n) is 11.8. The van der Waals surface area contributed by atoms with Crippen molar-refractivity contribution in [2.24, 2.45) is 0 Å². The predicted octanol–water partition coefficient (Wildman–Crippen LogP) is 5.09. The van der Waals surface area contributed by atoms with E-state index >= 15 is 0 Å². The number of rotatable bonds is 3. The number of aromatic nitrogens is 1. The smallest absolute Gasteiger partial charge is 0.196 e. The largest absolute Gasteiger partial charge is 0.361 e. The summed E-state index contributed by atoms with van der Waals surface area (Å²) in [7, 11) is 0. The number of benzene rings is 2. The molecule has 0 radical (unpaired) electrons. The van der Waals surface area contributed by atoms with Gasteiger partial charge in [0.25, 0.3) is 0 Å². The number of ketones is 1. The average Bonchev–Trinajstić information content (AvgIpc) is 3.04. The van der Waals surface area contributed by atoms with Gasteiger partial charge in [-0.25, -0.2) is 0 Å². The predicted molar refractivity (Wildman–Crippen MR) is 90.8 cm³/mol. The van der Waals surface area contributed by atoms with Crippen molar-refractivity contribution in [2.45, 2.75) is 0 Å². The molecule has 2 aromatic carbocycles. The van der Waals surface area contributed by atoms with Crippen LogP contribution >= 0.6 is 23.2 Å². The van der Waals surface area contributed by atoms with Gasteiger partial charge < -0.3 is 4.98 Å². The number of hydrogen-bond acceptors (Lipinski definition) is 2. The average molecular weight is 341 g/mol. The number of nitrogens with zero attached hydrogens (tertiary/aromatic N) is 1. The molecule has 1 heterocycles. The molecule has 0 atom stereocenters. The lowest BCUT2D eigenvalue weighted by atomic mass is 9.99. The minimum Gasteiger partial charge on any atom is -0.361 e. The van der Waals surface area contributed by atoms with Crippen LogP contribution in [0.3, 0.4) is 0 Å². The van der Waals surface area contributed by atoms with E-state index in [0.29, 0.717) is 32.4 Å². The van der Waals surface area contributed by atoms with Crippen LogP contribution in [-0.4, -0.2) is 10.8 Å². The summed E-state index contributed by atoms with van der Waals surface area (Å²) in [5.41, 5.74) is 2.98. The molecule has 23 heavy (non-hydrogen) atoms. The Kier molecular flexibility index (Phi) is 4.20. The molecule has 0 aliphatic rings. The van der Waals surface area contributed by atoms with E-state index < -0.39 is 0 Å². The highest BCUT2D eigenvalue weighted by molar-refractivity contribution is 6.37. The van der Waals surface area contributed by atoms with Gasteiger partial charge >= 0.3 is 0 Å². The molecular weight excluding hydrogens is 331 g/mol. The quantitative estimate of drug-likeness (QED) is 0.675. The summed E-state index contributed by atoms with van der Waals surface area (Å²) in [6, 6.07) is 15.6. The second-order valence-electron chi connectivity index (χ2n) is 4.91. The molecule has 3 rings (SSSR count). The van der Waals surface area contributed by atoms with Gasteiger partial charge in [0.2, 0.25) is 0 Å². The first-order valence-electron chi connectivity index (χ1n) is 6.78. The number of carbonyl (C=O) groups is 1. The molecule has 0 saturated heterocycles. The lowest BCUT2D eigenvalue weighted by Gasteiger charge is -2.06. The van der Waals surface area contributed by atoms with Crippen LogP contribution in [0.25, 0.3) is 11.3 Å². The molecule has 3 aromatic rings. The maximum atomic E-state index is 12.8. The second-order valence-corrected chi connectivity index (χ2v) is 5.75. The van der Waals surface area contributed by atoms with Crippen molar-refractivity contribution in [3.05, 3.63) is 81.5 Å². The van der Waals surface area contributed by atoms with Crippen LogP contribution in [0.5, 0.6) is 0 Å². The van der Waals surface area contributed by atoms with Crippen molar-refractivity contribution in [2.75, 3.05) is 0 Å². The van der Waals surface area contributed by atoms with Crippen LogP contribution in [-0.2, 0) is 0 Å². The van der Waals surface area contributed by atoms with Crippen LogP contribution in [0.1, 0.15) is 21.5 Å². The van der Waals surface area contributed by atoms with Crippen molar-refractivity contribution < 1.29 is 4.79 Å². The Balaban J connectivity index is 2.03. The van der Waals surface area contributed by atoms with Crippen molar-refractivity contribution in [1.82, 2.24) is 4.98 Å². The van der Waals surface area contributed by atoms with E-state index in [2.05, 4.69) is 11.1 Å². The van der Waals surface area contributed by atoms with E-state index in [4.69, 9.17) is 28.5 Å². The van der Waals surface area contributed by atoms with E-state index in [-0.39, 0.29) is 5.78 Å². The molecule has 0 fully saturated rings. The highest BCUT2D eigenvalue weighted by Gasteiger charge is 2.18. The van der Waals surface area contributed by atoms with Crippen LogP contribution in [0, 0.1) is 11.3 Å². The monoisotopic (exact) mass is 340 g/mol. The Morgan fingerprint density at radius 1 is 1.00 bits per heavy atom. The molecule has 1 aromatic heterocycles. The molecule has 0 spiro atoms. The molecule has 0 saturated carbocycles. The van der Waals surface area contributed by atoms with E-state index in [1.165, 1.54) is 0 Å². The first-order valence-corrected chi connectivity index (χ1v) is 7.53. The minimum absolute atomic E-state index is 0.188. The molecule has 0 aliphatic carbocycles. The molecule has 1 N–H and O–H groups in total. The zero-order valence-corrected chi connectivity index (χ0v) is 13.3. The van der Waals surface area contributed by atoms with Gasteiger partial charge in [-0.3, -0.25) is 4.79 Å². The number of carbonyl (C=O) groups excluding carboxylic acids is 1. The van der Waals surface area contributed by atoms with Crippen molar-refractivity contribution in [3.8, 4) is 17.3 Å². The fourth-order valence-corrected chi connectivity index (χ4v) is 2.82. The molecule has 0 aliphatic heterocycles. The Hall–Kier alpha value is -2.54. The molecule has 112 valence electrons. The van der Waals surface area contributed by atoms with E-state index in [9.17, 15) is 4.79 Å². The Labute approximate surface area is 143 Å². The summed E-state index contributed by atoms with van der Waals surface area (Å²) < 4.78 is 0. The third-order valence-corrected chi connectivity index (χ3v) is 4.02. The van der Waals surface area contributed by atoms with Crippen LogP contribution in [0.4, 0.5) is 0 Å². The SMILES string of the molecule is N#Cc1ccc(-c2[nH]ccc2C(=O)c2ccc(Cl)cc2Cl)cc1. The third kappa shape index (κ3) is 3.00. The number of aromatic amines is 1. The molecule has 5 heteroatoms. The molecular formula is C18H10Cl2N2O. The van der Waals surface area contributed by atoms with Gasteiger partial charge in [0.1, 0.15) is 0 Å². The number of halogens is 2.